The Morgan fingerprint density at radius 1 is 1.64 bits per heavy atom. The zero-order chi connectivity index (χ0) is 10.6. The number of aliphatic hydroxyl groups excluding tert-OH is 1. The van der Waals surface area contributed by atoms with E-state index < -0.39 is 18.4 Å². The average Bonchev–Trinajstić information content (AvgIpc) is 2.54. The van der Waals surface area contributed by atoms with E-state index in [1.165, 1.54) is 6.20 Å². The lowest BCUT2D eigenvalue weighted by atomic mass is 10.2. The molecule has 1 heterocycles. The van der Waals surface area contributed by atoms with E-state index in [4.69, 9.17) is 15.3 Å². The standard InChI is InChI=1S/C6H10N4O4/c11-5(12)4(8-6(13)14)1-3-2-7-10-9-3/h2,4,6,8,13-14H,1H2,(H,11,12)(H,7,9,10)/t4-/m0/s1. The summed E-state index contributed by atoms with van der Waals surface area (Å²) in [4.78, 5) is 10.6. The van der Waals surface area contributed by atoms with E-state index in [1.54, 1.807) is 0 Å². The molecule has 0 aliphatic rings. The lowest BCUT2D eigenvalue weighted by Crippen LogP contribution is -2.44. The molecule has 1 aromatic rings. The second-order valence-electron chi connectivity index (χ2n) is 2.60. The van der Waals surface area contributed by atoms with Crippen molar-refractivity contribution in [2.75, 3.05) is 0 Å². The molecule has 0 aliphatic heterocycles. The van der Waals surface area contributed by atoms with E-state index in [2.05, 4.69) is 15.4 Å². The van der Waals surface area contributed by atoms with Crippen molar-refractivity contribution in [2.24, 2.45) is 0 Å². The number of aromatic nitrogens is 3. The lowest BCUT2D eigenvalue weighted by molar-refractivity contribution is -0.144. The molecule has 5 N–H and O–H groups in total. The van der Waals surface area contributed by atoms with Crippen LogP contribution in [0.1, 0.15) is 5.69 Å². The number of carbonyl (C=O) groups is 1. The first kappa shape index (κ1) is 10.6. The van der Waals surface area contributed by atoms with Crippen LogP contribution in [0.4, 0.5) is 0 Å². The number of hydrogen-bond acceptors (Lipinski definition) is 6. The molecule has 0 unspecified atom stereocenters. The van der Waals surface area contributed by atoms with E-state index in [-0.39, 0.29) is 6.42 Å². The van der Waals surface area contributed by atoms with Gasteiger partial charge in [-0.15, -0.1) is 0 Å². The SMILES string of the molecule is O=C(O)[C@H](Cc1cn[nH]n1)NC(O)O. The van der Waals surface area contributed by atoms with Gasteiger partial charge in [-0.1, -0.05) is 0 Å². The molecule has 1 atom stereocenters. The molecule has 0 bridgehead atoms. The summed E-state index contributed by atoms with van der Waals surface area (Å²) in [7, 11) is 0. The van der Waals surface area contributed by atoms with Crippen LogP contribution in [-0.4, -0.2) is 49.2 Å². The summed E-state index contributed by atoms with van der Waals surface area (Å²) in [6.45, 7) is 0. The zero-order valence-corrected chi connectivity index (χ0v) is 7.08. The number of aliphatic hydroxyl groups is 2. The first-order valence-electron chi connectivity index (χ1n) is 3.79. The Morgan fingerprint density at radius 3 is 2.79 bits per heavy atom. The minimum atomic E-state index is -1.87. The summed E-state index contributed by atoms with van der Waals surface area (Å²) < 4.78 is 0. The largest absolute Gasteiger partial charge is 0.480 e. The second kappa shape index (κ2) is 4.65. The number of nitrogens with zero attached hydrogens (tertiary/aromatic N) is 2. The van der Waals surface area contributed by atoms with Crippen LogP contribution in [0.15, 0.2) is 6.20 Å². The van der Waals surface area contributed by atoms with Crippen LogP contribution in [0, 0.1) is 0 Å². The van der Waals surface area contributed by atoms with Gasteiger partial charge in [0.1, 0.15) is 6.04 Å². The van der Waals surface area contributed by atoms with Gasteiger partial charge in [0.15, 0.2) is 0 Å². The highest BCUT2D eigenvalue weighted by molar-refractivity contribution is 5.73. The van der Waals surface area contributed by atoms with E-state index in [0.717, 1.165) is 0 Å². The van der Waals surface area contributed by atoms with Crippen molar-refractivity contribution in [3.05, 3.63) is 11.9 Å². The van der Waals surface area contributed by atoms with Gasteiger partial charge in [-0.05, 0) is 0 Å². The first-order valence-corrected chi connectivity index (χ1v) is 3.79. The minimum absolute atomic E-state index is 0.0173. The second-order valence-corrected chi connectivity index (χ2v) is 2.60. The van der Waals surface area contributed by atoms with Crippen LogP contribution >= 0.6 is 0 Å². The summed E-state index contributed by atoms with van der Waals surface area (Å²) in [5.41, 5.74) is 0.422. The normalized spacial score (nSPS) is 13.1. The number of carboxylic acids is 1. The maximum atomic E-state index is 10.6. The van der Waals surface area contributed by atoms with Crippen molar-refractivity contribution in [1.29, 1.82) is 0 Å². The van der Waals surface area contributed by atoms with Crippen LogP contribution < -0.4 is 5.32 Å². The molecule has 0 fully saturated rings. The van der Waals surface area contributed by atoms with Crippen LogP contribution in [0.25, 0.3) is 0 Å². The van der Waals surface area contributed by atoms with Gasteiger partial charge in [-0.3, -0.25) is 10.1 Å². The summed E-state index contributed by atoms with van der Waals surface area (Å²) in [6.07, 6.45) is -0.492. The fraction of sp³-hybridized carbons (Fsp3) is 0.500. The highest BCUT2D eigenvalue weighted by Gasteiger charge is 2.20. The van der Waals surface area contributed by atoms with E-state index in [9.17, 15) is 4.79 Å². The van der Waals surface area contributed by atoms with Gasteiger partial charge in [0.05, 0.1) is 11.9 Å². The molecule has 1 rings (SSSR count). The van der Waals surface area contributed by atoms with Gasteiger partial charge < -0.3 is 15.3 Å². The fourth-order valence-corrected chi connectivity index (χ4v) is 0.930. The molecule has 8 nitrogen and oxygen atoms in total. The molecule has 8 heteroatoms. The Kier molecular flexibility index (Phi) is 3.51. The quantitative estimate of drug-likeness (QED) is 0.338. The number of aliphatic carboxylic acids is 1. The smallest absolute Gasteiger partial charge is 0.321 e. The molecule has 0 saturated carbocycles. The Hall–Kier alpha value is -1.51. The van der Waals surface area contributed by atoms with Gasteiger partial charge >= 0.3 is 5.97 Å². The van der Waals surface area contributed by atoms with Gasteiger partial charge in [-0.2, -0.15) is 15.4 Å². The van der Waals surface area contributed by atoms with Crippen LogP contribution in [0.3, 0.4) is 0 Å². The fourth-order valence-electron chi connectivity index (χ4n) is 0.930. The van der Waals surface area contributed by atoms with Gasteiger partial charge in [0.25, 0.3) is 0 Å². The predicted octanol–water partition coefficient (Wildman–Crippen LogP) is -2.34. The maximum Gasteiger partial charge on any atom is 0.321 e. The summed E-state index contributed by atoms with van der Waals surface area (Å²) in [5, 5.41) is 37.3. The van der Waals surface area contributed by atoms with Gasteiger partial charge in [0.2, 0.25) is 6.41 Å². The Bertz CT molecular complexity index is 286. The van der Waals surface area contributed by atoms with Gasteiger partial charge in [-0.25, -0.2) is 0 Å². The molecular formula is C6H10N4O4. The number of hydrogen-bond donors (Lipinski definition) is 5. The van der Waals surface area contributed by atoms with Crippen molar-refractivity contribution in [3.8, 4) is 0 Å². The van der Waals surface area contributed by atoms with Crippen molar-refractivity contribution in [1.82, 2.24) is 20.7 Å². The summed E-state index contributed by atoms with van der Waals surface area (Å²) >= 11 is 0. The van der Waals surface area contributed by atoms with Crippen molar-refractivity contribution < 1.29 is 20.1 Å². The van der Waals surface area contributed by atoms with Crippen molar-refractivity contribution in [3.63, 3.8) is 0 Å². The van der Waals surface area contributed by atoms with E-state index >= 15 is 0 Å². The molecule has 0 amide bonds. The molecule has 0 aliphatic carbocycles. The Labute approximate surface area is 78.6 Å². The maximum absolute atomic E-state index is 10.6. The molecule has 1 aromatic heterocycles. The topological polar surface area (TPSA) is 131 Å². The molecule has 78 valence electrons. The highest BCUT2D eigenvalue weighted by Crippen LogP contribution is 1.97. The number of aromatic amines is 1. The minimum Gasteiger partial charge on any atom is -0.480 e. The van der Waals surface area contributed by atoms with Crippen LogP contribution in [-0.2, 0) is 11.2 Å². The number of carboxylic acid groups (broad SMARTS) is 1. The number of rotatable bonds is 5. The molecule has 14 heavy (non-hydrogen) atoms. The Morgan fingerprint density at radius 2 is 2.36 bits per heavy atom. The van der Waals surface area contributed by atoms with Gasteiger partial charge in [0, 0.05) is 6.42 Å². The molecule has 0 spiro atoms. The third-order valence-corrected chi connectivity index (χ3v) is 1.53. The Balaban J connectivity index is 2.56. The average molecular weight is 202 g/mol. The monoisotopic (exact) mass is 202 g/mol. The first-order chi connectivity index (χ1) is 6.59. The number of H-pyrrole nitrogens is 1. The lowest BCUT2D eigenvalue weighted by Gasteiger charge is -2.13. The summed E-state index contributed by atoms with van der Waals surface area (Å²) in [6, 6.07) is -1.11. The third-order valence-electron chi connectivity index (χ3n) is 1.53. The zero-order valence-electron chi connectivity index (χ0n) is 7.08. The van der Waals surface area contributed by atoms with E-state index in [1.807, 2.05) is 5.32 Å². The molecular weight excluding hydrogens is 192 g/mol. The van der Waals surface area contributed by atoms with Crippen LogP contribution in [0.2, 0.25) is 0 Å². The summed E-state index contributed by atoms with van der Waals surface area (Å²) in [5.74, 6) is -1.19. The predicted molar refractivity (Wildman–Crippen MR) is 42.9 cm³/mol. The van der Waals surface area contributed by atoms with Crippen molar-refractivity contribution >= 4 is 5.97 Å². The molecule has 0 saturated heterocycles. The van der Waals surface area contributed by atoms with Crippen LogP contribution in [0.5, 0.6) is 0 Å². The highest BCUT2D eigenvalue weighted by atomic mass is 16.5. The number of nitrogens with one attached hydrogen (secondary N) is 2. The molecule has 0 radical (unpaired) electrons. The molecule has 0 aromatic carbocycles. The third kappa shape index (κ3) is 3.09. The van der Waals surface area contributed by atoms with Crippen molar-refractivity contribution in [2.45, 2.75) is 18.9 Å². The van der Waals surface area contributed by atoms with E-state index in [0.29, 0.717) is 5.69 Å².